The lowest BCUT2D eigenvalue weighted by atomic mass is 10.2. The SMILES string of the molecule is O=C(COC(=O)c1cc(Cl)cc(Cl)c1)Nc1ccc([N+](=O)[O-])cc1Br. The van der Waals surface area contributed by atoms with Crippen LogP contribution in [0.4, 0.5) is 11.4 Å². The van der Waals surface area contributed by atoms with Gasteiger partial charge in [-0.05, 0) is 40.2 Å². The molecule has 0 unspecified atom stereocenters. The molecule has 0 saturated carbocycles. The first-order valence-electron chi connectivity index (χ1n) is 6.63. The van der Waals surface area contributed by atoms with Crippen molar-refractivity contribution in [1.29, 1.82) is 0 Å². The van der Waals surface area contributed by atoms with Crippen LogP contribution in [0.5, 0.6) is 0 Å². The number of nitrogens with one attached hydrogen (secondary N) is 1. The van der Waals surface area contributed by atoms with Gasteiger partial charge in [-0.25, -0.2) is 4.79 Å². The van der Waals surface area contributed by atoms with E-state index in [1.54, 1.807) is 0 Å². The second-order valence-electron chi connectivity index (χ2n) is 4.70. The van der Waals surface area contributed by atoms with Crippen molar-refractivity contribution in [2.24, 2.45) is 0 Å². The second kappa shape index (κ2) is 8.28. The van der Waals surface area contributed by atoms with Gasteiger partial charge in [0.2, 0.25) is 0 Å². The van der Waals surface area contributed by atoms with Crippen molar-refractivity contribution in [2.45, 2.75) is 0 Å². The zero-order valence-corrected chi connectivity index (χ0v) is 15.4. The van der Waals surface area contributed by atoms with Gasteiger partial charge in [-0.3, -0.25) is 14.9 Å². The molecule has 0 saturated heterocycles. The van der Waals surface area contributed by atoms with E-state index in [1.165, 1.54) is 36.4 Å². The highest BCUT2D eigenvalue weighted by Crippen LogP contribution is 2.27. The number of hydrogen-bond acceptors (Lipinski definition) is 5. The van der Waals surface area contributed by atoms with Crippen LogP contribution in [0.1, 0.15) is 10.4 Å². The zero-order chi connectivity index (χ0) is 18.6. The van der Waals surface area contributed by atoms with Gasteiger partial charge in [0.1, 0.15) is 0 Å². The Morgan fingerprint density at radius 1 is 1.16 bits per heavy atom. The fourth-order valence-corrected chi connectivity index (χ4v) is 2.78. The third-order valence-electron chi connectivity index (χ3n) is 2.87. The third-order valence-corrected chi connectivity index (χ3v) is 3.96. The van der Waals surface area contributed by atoms with E-state index in [4.69, 9.17) is 27.9 Å². The average Bonchev–Trinajstić information content (AvgIpc) is 2.53. The standard InChI is InChI=1S/C15H9BrCl2N2O5/c16-12-6-11(20(23)24)1-2-13(12)19-14(21)7-25-15(22)8-3-9(17)5-10(18)4-8/h1-6H,7H2,(H,19,21). The topological polar surface area (TPSA) is 98.5 Å². The van der Waals surface area contributed by atoms with Crippen molar-refractivity contribution >= 4 is 62.4 Å². The van der Waals surface area contributed by atoms with Gasteiger partial charge in [-0.15, -0.1) is 0 Å². The first-order valence-corrected chi connectivity index (χ1v) is 8.18. The quantitative estimate of drug-likeness (QED) is 0.414. The molecular weight excluding hydrogens is 439 g/mol. The summed E-state index contributed by atoms with van der Waals surface area (Å²) in [6.07, 6.45) is 0. The van der Waals surface area contributed by atoms with Crippen LogP contribution in [0.25, 0.3) is 0 Å². The summed E-state index contributed by atoms with van der Waals surface area (Å²) < 4.78 is 5.20. The number of halogens is 3. The summed E-state index contributed by atoms with van der Waals surface area (Å²) in [5, 5.41) is 13.7. The summed E-state index contributed by atoms with van der Waals surface area (Å²) in [5.41, 5.74) is 0.286. The van der Waals surface area contributed by atoms with Crippen molar-refractivity contribution in [3.05, 3.63) is 66.6 Å². The molecule has 7 nitrogen and oxygen atoms in total. The minimum Gasteiger partial charge on any atom is -0.452 e. The largest absolute Gasteiger partial charge is 0.452 e. The Morgan fingerprint density at radius 3 is 2.36 bits per heavy atom. The normalized spacial score (nSPS) is 10.2. The maximum Gasteiger partial charge on any atom is 0.338 e. The molecule has 2 aromatic carbocycles. The molecule has 2 rings (SSSR count). The van der Waals surface area contributed by atoms with Crippen molar-refractivity contribution in [3.63, 3.8) is 0 Å². The van der Waals surface area contributed by atoms with Crippen LogP contribution in [0.15, 0.2) is 40.9 Å². The Kier molecular flexibility index (Phi) is 6.35. The van der Waals surface area contributed by atoms with Gasteiger partial charge in [0.15, 0.2) is 6.61 Å². The Balaban J connectivity index is 1.96. The number of rotatable bonds is 5. The number of carbonyl (C=O) groups is 2. The molecule has 1 amide bonds. The molecule has 0 bridgehead atoms. The van der Waals surface area contributed by atoms with Gasteiger partial charge in [-0.1, -0.05) is 23.2 Å². The zero-order valence-electron chi connectivity index (χ0n) is 12.3. The first-order chi connectivity index (χ1) is 11.8. The lowest BCUT2D eigenvalue weighted by molar-refractivity contribution is -0.384. The monoisotopic (exact) mass is 446 g/mol. The first kappa shape index (κ1) is 19.2. The summed E-state index contributed by atoms with van der Waals surface area (Å²) in [6.45, 7) is -0.549. The molecule has 1 N–H and O–H groups in total. The lowest BCUT2D eigenvalue weighted by Gasteiger charge is -2.08. The fraction of sp³-hybridized carbons (Fsp3) is 0.0667. The smallest absolute Gasteiger partial charge is 0.338 e. The molecule has 0 fully saturated rings. The number of amides is 1. The number of nitro groups is 1. The van der Waals surface area contributed by atoms with E-state index in [0.717, 1.165) is 0 Å². The molecule has 0 aliphatic rings. The number of non-ortho nitro benzene ring substituents is 1. The number of esters is 1. The van der Waals surface area contributed by atoms with Crippen LogP contribution in [-0.4, -0.2) is 23.4 Å². The van der Waals surface area contributed by atoms with Crippen molar-refractivity contribution in [1.82, 2.24) is 0 Å². The van der Waals surface area contributed by atoms with Crippen LogP contribution in [0.2, 0.25) is 10.0 Å². The molecule has 0 spiro atoms. The van der Waals surface area contributed by atoms with Crippen molar-refractivity contribution in [2.75, 3.05) is 11.9 Å². The summed E-state index contributed by atoms with van der Waals surface area (Å²) in [7, 11) is 0. The number of carbonyl (C=O) groups excluding carboxylic acids is 2. The summed E-state index contributed by atoms with van der Waals surface area (Å²) in [5.74, 6) is -1.38. The maximum atomic E-state index is 11.9. The van der Waals surface area contributed by atoms with E-state index in [-0.39, 0.29) is 21.3 Å². The molecule has 25 heavy (non-hydrogen) atoms. The lowest BCUT2D eigenvalue weighted by Crippen LogP contribution is -2.21. The molecule has 0 aliphatic carbocycles. The van der Waals surface area contributed by atoms with Crippen LogP contribution in [0.3, 0.4) is 0 Å². The van der Waals surface area contributed by atoms with Gasteiger partial charge in [0, 0.05) is 26.7 Å². The number of ether oxygens (including phenoxy) is 1. The van der Waals surface area contributed by atoms with Gasteiger partial charge in [-0.2, -0.15) is 0 Å². The van der Waals surface area contributed by atoms with E-state index in [1.807, 2.05) is 0 Å². The van der Waals surface area contributed by atoms with Crippen molar-refractivity contribution < 1.29 is 19.2 Å². The highest BCUT2D eigenvalue weighted by atomic mass is 79.9. The molecule has 0 atom stereocenters. The Labute approximate surface area is 160 Å². The molecular formula is C15H9BrCl2N2O5. The molecule has 0 aromatic heterocycles. The van der Waals surface area contributed by atoms with Gasteiger partial charge in [0.25, 0.3) is 11.6 Å². The molecule has 2 aromatic rings. The minimum absolute atomic E-state index is 0.113. The highest BCUT2D eigenvalue weighted by Gasteiger charge is 2.14. The number of nitrogens with zero attached hydrogens (tertiary/aromatic N) is 1. The number of nitro benzene ring substituents is 1. The summed E-state index contributed by atoms with van der Waals surface area (Å²) >= 11 is 14.7. The van der Waals surface area contributed by atoms with Gasteiger partial charge >= 0.3 is 5.97 Å². The predicted octanol–water partition coefficient (Wildman–Crippen LogP) is 4.46. The number of anilines is 1. The minimum atomic E-state index is -0.762. The van der Waals surface area contributed by atoms with E-state index in [9.17, 15) is 19.7 Å². The van der Waals surface area contributed by atoms with Crippen LogP contribution in [-0.2, 0) is 9.53 Å². The van der Waals surface area contributed by atoms with Gasteiger partial charge < -0.3 is 10.1 Å². The molecule has 0 aliphatic heterocycles. The Hall–Kier alpha value is -2.16. The van der Waals surface area contributed by atoms with E-state index in [0.29, 0.717) is 10.2 Å². The molecule has 0 heterocycles. The second-order valence-corrected chi connectivity index (χ2v) is 6.43. The van der Waals surface area contributed by atoms with Crippen LogP contribution in [0, 0.1) is 10.1 Å². The predicted molar refractivity (Wildman–Crippen MR) is 96.2 cm³/mol. The van der Waals surface area contributed by atoms with Gasteiger partial charge in [0.05, 0.1) is 16.2 Å². The fourth-order valence-electron chi connectivity index (χ4n) is 1.79. The molecule has 0 radical (unpaired) electrons. The average molecular weight is 448 g/mol. The maximum absolute atomic E-state index is 11.9. The summed E-state index contributed by atoms with van der Waals surface area (Å²) in [6, 6.07) is 8.02. The van der Waals surface area contributed by atoms with E-state index >= 15 is 0 Å². The highest BCUT2D eigenvalue weighted by molar-refractivity contribution is 9.10. The molecule has 130 valence electrons. The van der Waals surface area contributed by atoms with Crippen LogP contribution >= 0.6 is 39.1 Å². The van der Waals surface area contributed by atoms with E-state index < -0.39 is 23.4 Å². The number of benzene rings is 2. The van der Waals surface area contributed by atoms with E-state index in [2.05, 4.69) is 21.2 Å². The Bertz CT molecular complexity index is 840. The number of hydrogen-bond donors (Lipinski definition) is 1. The molecule has 10 heteroatoms. The van der Waals surface area contributed by atoms with Crippen molar-refractivity contribution in [3.8, 4) is 0 Å². The van der Waals surface area contributed by atoms with Crippen LogP contribution < -0.4 is 5.32 Å². The summed E-state index contributed by atoms with van der Waals surface area (Å²) in [4.78, 5) is 33.9. The third kappa shape index (κ3) is 5.42. The Morgan fingerprint density at radius 2 is 1.80 bits per heavy atom.